The van der Waals surface area contributed by atoms with E-state index in [0.29, 0.717) is 12.4 Å². The third-order valence-electron chi connectivity index (χ3n) is 3.79. The Balaban J connectivity index is 2.92. The van der Waals surface area contributed by atoms with Gasteiger partial charge in [0.05, 0.1) is 6.61 Å². The molecular weight excluding hydrogens is 332 g/mol. The minimum atomic E-state index is -0.290. The first kappa shape index (κ1) is 21.6. The molecule has 0 aliphatic carbocycles. The van der Waals surface area contributed by atoms with Gasteiger partial charge in [0.15, 0.2) is 0 Å². The highest BCUT2D eigenvalue weighted by Crippen LogP contribution is 2.41. The van der Waals surface area contributed by atoms with Gasteiger partial charge in [0.2, 0.25) is 0 Å². The van der Waals surface area contributed by atoms with Gasteiger partial charge in [0.25, 0.3) is 0 Å². The van der Waals surface area contributed by atoms with E-state index in [4.69, 9.17) is 4.74 Å². The number of carbonyl (C=O) groups is 1. The molecule has 25 heavy (non-hydrogen) atoms. The van der Waals surface area contributed by atoms with E-state index in [9.17, 15) is 9.90 Å². The molecule has 1 aromatic carbocycles. The number of thioether (sulfide) groups is 1. The highest BCUT2D eigenvalue weighted by atomic mass is 32.2. The molecule has 0 aliphatic rings. The van der Waals surface area contributed by atoms with Crippen LogP contribution in [0.5, 0.6) is 5.75 Å². The zero-order valence-electron chi connectivity index (χ0n) is 16.6. The first-order chi connectivity index (χ1) is 11.5. The second-order valence-electron chi connectivity index (χ2n) is 8.16. The van der Waals surface area contributed by atoms with Crippen molar-refractivity contribution < 1.29 is 14.6 Å². The van der Waals surface area contributed by atoms with E-state index >= 15 is 0 Å². The molecule has 0 heterocycles. The van der Waals surface area contributed by atoms with Gasteiger partial charge in [-0.15, -0.1) is 11.8 Å². The van der Waals surface area contributed by atoms with E-state index in [1.54, 1.807) is 18.7 Å². The van der Waals surface area contributed by atoms with E-state index in [2.05, 4.69) is 53.7 Å². The van der Waals surface area contributed by atoms with Gasteiger partial charge in [-0.25, -0.2) is 4.79 Å². The standard InChI is InChI=1S/C21H32O3S/c1-8-24-18(22)11-9-10-12-25-15-13-16(20(2,3)4)19(23)17(14-15)21(5,6)7/h9,11,13-14,23H,8,10,12H2,1-7H3. The van der Waals surface area contributed by atoms with Crippen LogP contribution in [0.4, 0.5) is 0 Å². The summed E-state index contributed by atoms with van der Waals surface area (Å²) >= 11 is 1.74. The topological polar surface area (TPSA) is 46.5 Å². The molecule has 3 nitrogen and oxygen atoms in total. The summed E-state index contributed by atoms with van der Waals surface area (Å²) in [6.45, 7) is 14.9. The summed E-state index contributed by atoms with van der Waals surface area (Å²) in [5.74, 6) is 0.988. The molecule has 0 amide bonds. The second kappa shape index (κ2) is 8.79. The van der Waals surface area contributed by atoms with Gasteiger partial charge in [-0.3, -0.25) is 0 Å². The molecule has 0 fully saturated rings. The van der Waals surface area contributed by atoms with Gasteiger partial charge in [-0.05, 0) is 36.3 Å². The molecule has 0 unspecified atom stereocenters. The number of ether oxygens (including phenoxy) is 1. The van der Waals surface area contributed by atoms with Crippen molar-refractivity contribution in [1.82, 2.24) is 0 Å². The lowest BCUT2D eigenvalue weighted by Crippen LogP contribution is -2.17. The van der Waals surface area contributed by atoms with Crippen LogP contribution >= 0.6 is 11.8 Å². The lowest BCUT2D eigenvalue weighted by molar-refractivity contribution is -0.137. The molecule has 0 aromatic heterocycles. The summed E-state index contributed by atoms with van der Waals surface area (Å²) in [6, 6.07) is 4.18. The summed E-state index contributed by atoms with van der Waals surface area (Å²) in [5, 5.41) is 10.7. The molecule has 0 saturated carbocycles. The molecule has 1 N–H and O–H groups in total. The molecule has 1 aromatic rings. The zero-order chi connectivity index (χ0) is 19.3. The Kier molecular flexibility index (Phi) is 7.61. The Morgan fingerprint density at radius 3 is 2.08 bits per heavy atom. The van der Waals surface area contributed by atoms with E-state index in [1.165, 1.54) is 6.08 Å². The third kappa shape index (κ3) is 6.77. The number of phenolic OH excluding ortho intramolecular Hbond substituents is 1. The lowest BCUT2D eigenvalue weighted by atomic mass is 9.79. The molecule has 1 rings (SSSR count). The molecule has 4 heteroatoms. The van der Waals surface area contributed by atoms with Crippen LogP contribution < -0.4 is 0 Å². The van der Waals surface area contributed by atoms with E-state index < -0.39 is 0 Å². The second-order valence-corrected chi connectivity index (χ2v) is 9.33. The minimum absolute atomic E-state index is 0.121. The average molecular weight is 365 g/mol. The van der Waals surface area contributed by atoms with Gasteiger partial charge < -0.3 is 9.84 Å². The van der Waals surface area contributed by atoms with Crippen LogP contribution in [0.15, 0.2) is 29.2 Å². The van der Waals surface area contributed by atoms with Crippen molar-refractivity contribution in [1.29, 1.82) is 0 Å². The summed E-state index contributed by atoms with van der Waals surface area (Å²) in [4.78, 5) is 12.4. The quantitative estimate of drug-likeness (QED) is 0.309. The average Bonchev–Trinajstić information content (AvgIpc) is 2.46. The summed E-state index contributed by atoms with van der Waals surface area (Å²) in [7, 11) is 0. The van der Waals surface area contributed by atoms with Crippen molar-refractivity contribution in [2.75, 3.05) is 12.4 Å². The smallest absolute Gasteiger partial charge is 0.330 e. The van der Waals surface area contributed by atoms with Gasteiger partial charge in [0, 0.05) is 27.9 Å². The molecule has 0 aliphatic heterocycles. The normalized spacial score (nSPS) is 12.6. The Morgan fingerprint density at radius 2 is 1.64 bits per heavy atom. The van der Waals surface area contributed by atoms with Gasteiger partial charge in [0.1, 0.15) is 5.75 Å². The fourth-order valence-corrected chi connectivity index (χ4v) is 3.34. The maximum Gasteiger partial charge on any atom is 0.330 e. The molecule has 0 atom stereocenters. The Morgan fingerprint density at radius 1 is 1.12 bits per heavy atom. The van der Waals surface area contributed by atoms with Crippen molar-refractivity contribution in [2.45, 2.75) is 70.6 Å². The van der Waals surface area contributed by atoms with Gasteiger partial charge in [-0.2, -0.15) is 0 Å². The van der Waals surface area contributed by atoms with Crippen LogP contribution in [0, 0.1) is 0 Å². The predicted octanol–water partition coefficient (Wildman–Crippen LogP) is 5.59. The van der Waals surface area contributed by atoms with Gasteiger partial charge >= 0.3 is 5.97 Å². The van der Waals surface area contributed by atoms with Crippen molar-refractivity contribution in [3.8, 4) is 5.75 Å². The maximum absolute atomic E-state index is 11.3. The summed E-state index contributed by atoms with van der Waals surface area (Å²) in [5.41, 5.74) is 1.71. The first-order valence-electron chi connectivity index (χ1n) is 8.81. The molecular formula is C21H32O3S. The summed E-state index contributed by atoms with van der Waals surface area (Å²) < 4.78 is 4.87. The Bertz CT molecular complexity index is 584. The Hall–Kier alpha value is -1.42. The molecule has 0 radical (unpaired) electrons. The van der Waals surface area contributed by atoms with Crippen LogP contribution in [0.1, 0.15) is 66.0 Å². The summed E-state index contributed by atoms with van der Waals surface area (Å²) in [6.07, 6.45) is 4.13. The van der Waals surface area contributed by atoms with E-state index in [0.717, 1.165) is 28.2 Å². The molecule has 0 bridgehead atoms. The number of phenols is 1. The Labute approximate surface area is 156 Å². The van der Waals surface area contributed by atoms with Crippen molar-refractivity contribution in [3.63, 3.8) is 0 Å². The van der Waals surface area contributed by atoms with Crippen molar-refractivity contribution in [3.05, 3.63) is 35.4 Å². The number of benzene rings is 1. The van der Waals surface area contributed by atoms with E-state index in [1.807, 2.05) is 6.08 Å². The van der Waals surface area contributed by atoms with E-state index in [-0.39, 0.29) is 16.8 Å². The van der Waals surface area contributed by atoms with Gasteiger partial charge in [-0.1, -0.05) is 47.6 Å². The van der Waals surface area contributed by atoms with Crippen molar-refractivity contribution >= 4 is 17.7 Å². The molecule has 140 valence electrons. The van der Waals surface area contributed by atoms with Crippen LogP contribution in [-0.2, 0) is 20.4 Å². The number of esters is 1. The lowest BCUT2D eigenvalue weighted by Gasteiger charge is -2.28. The largest absolute Gasteiger partial charge is 0.507 e. The zero-order valence-corrected chi connectivity index (χ0v) is 17.4. The van der Waals surface area contributed by atoms with Crippen LogP contribution in [0.2, 0.25) is 0 Å². The van der Waals surface area contributed by atoms with Crippen molar-refractivity contribution in [2.24, 2.45) is 0 Å². The predicted molar refractivity (Wildman–Crippen MR) is 107 cm³/mol. The molecule has 0 spiro atoms. The number of carbonyl (C=O) groups excluding carboxylic acids is 1. The fraction of sp³-hybridized carbons (Fsp3) is 0.571. The number of hydrogen-bond acceptors (Lipinski definition) is 4. The third-order valence-corrected chi connectivity index (χ3v) is 4.80. The number of hydrogen-bond donors (Lipinski definition) is 1. The SMILES string of the molecule is CCOC(=O)C=CCCSc1cc(C(C)(C)C)c(O)c(C(C)(C)C)c1. The number of allylic oxidation sites excluding steroid dienone is 1. The minimum Gasteiger partial charge on any atom is -0.507 e. The highest BCUT2D eigenvalue weighted by Gasteiger charge is 2.26. The van der Waals surface area contributed by atoms with Crippen LogP contribution in [-0.4, -0.2) is 23.4 Å². The molecule has 0 saturated heterocycles. The maximum atomic E-state index is 11.3. The number of aromatic hydroxyl groups is 1. The highest BCUT2D eigenvalue weighted by molar-refractivity contribution is 7.99. The van der Waals surface area contributed by atoms with Crippen LogP contribution in [0.3, 0.4) is 0 Å². The first-order valence-corrected chi connectivity index (χ1v) is 9.79. The monoisotopic (exact) mass is 364 g/mol. The fourth-order valence-electron chi connectivity index (χ4n) is 2.45. The van der Waals surface area contributed by atoms with Crippen LogP contribution in [0.25, 0.3) is 0 Å². The number of rotatable bonds is 6.